The first-order chi connectivity index (χ1) is 9.09. The molecule has 0 saturated heterocycles. The average Bonchev–Trinajstić information content (AvgIpc) is 2.38. The number of hydrogen-bond acceptors (Lipinski definition) is 3. The average molecular weight is 322 g/mol. The molecular weight excluding hydrogens is 310 g/mol. The summed E-state index contributed by atoms with van der Waals surface area (Å²) in [6, 6.07) is 12.6. The van der Waals surface area contributed by atoms with E-state index < -0.39 is 12.0 Å². The van der Waals surface area contributed by atoms with Gasteiger partial charge in [-0.1, -0.05) is 30.3 Å². The first-order valence-corrected chi connectivity index (χ1v) is 6.40. The minimum Gasteiger partial charge on any atom is -0.508 e. The van der Waals surface area contributed by atoms with E-state index in [9.17, 15) is 15.0 Å². The highest BCUT2D eigenvalue weighted by Gasteiger charge is 2.22. The number of hydrogen-bond donors (Lipinski definition) is 3. The minimum atomic E-state index is -1.06. The van der Waals surface area contributed by atoms with E-state index in [1.807, 2.05) is 12.1 Å². The van der Waals surface area contributed by atoms with E-state index in [-0.39, 0.29) is 5.75 Å². The van der Waals surface area contributed by atoms with Crippen LogP contribution in [-0.4, -0.2) is 16.2 Å². The first-order valence-electron chi connectivity index (χ1n) is 5.61. The molecule has 0 amide bonds. The van der Waals surface area contributed by atoms with Gasteiger partial charge in [-0.15, -0.1) is 0 Å². The van der Waals surface area contributed by atoms with Crippen molar-refractivity contribution >= 4 is 27.6 Å². The molecule has 1 atom stereocenters. The standard InChI is InChI=1S/C14H12BrNO3/c15-10-6-2-3-7-11(10)16-13(14(18)19)9-5-1-4-8-12(9)17/h1-8,13,16-17H,(H,18,19). The van der Waals surface area contributed by atoms with Crippen LogP contribution in [0.5, 0.6) is 5.75 Å². The van der Waals surface area contributed by atoms with Crippen LogP contribution >= 0.6 is 15.9 Å². The molecule has 0 bridgehead atoms. The fraction of sp³-hybridized carbons (Fsp3) is 0.0714. The summed E-state index contributed by atoms with van der Waals surface area (Å²) in [6.07, 6.45) is 0. The number of carboxylic acids is 1. The summed E-state index contributed by atoms with van der Waals surface area (Å²) < 4.78 is 0.761. The van der Waals surface area contributed by atoms with Gasteiger partial charge in [-0.05, 0) is 34.1 Å². The molecule has 2 aromatic carbocycles. The van der Waals surface area contributed by atoms with E-state index in [0.717, 1.165) is 4.47 Å². The third kappa shape index (κ3) is 3.06. The second-order valence-electron chi connectivity index (χ2n) is 3.95. The lowest BCUT2D eigenvalue weighted by atomic mass is 10.1. The largest absolute Gasteiger partial charge is 0.508 e. The Kier molecular flexibility index (Phi) is 4.06. The first kappa shape index (κ1) is 13.4. The molecule has 0 aliphatic heterocycles. The number of carbonyl (C=O) groups is 1. The molecule has 0 spiro atoms. The number of benzene rings is 2. The normalized spacial score (nSPS) is 11.8. The van der Waals surface area contributed by atoms with Crippen LogP contribution < -0.4 is 5.32 Å². The van der Waals surface area contributed by atoms with Gasteiger partial charge in [-0.2, -0.15) is 0 Å². The van der Waals surface area contributed by atoms with E-state index in [0.29, 0.717) is 11.3 Å². The van der Waals surface area contributed by atoms with Crippen molar-refractivity contribution in [3.05, 3.63) is 58.6 Å². The van der Waals surface area contributed by atoms with Crippen LogP contribution in [0.2, 0.25) is 0 Å². The van der Waals surface area contributed by atoms with E-state index in [2.05, 4.69) is 21.2 Å². The number of phenolic OH excluding ortho intramolecular Hbond substituents is 1. The van der Waals surface area contributed by atoms with Gasteiger partial charge in [-0.3, -0.25) is 0 Å². The smallest absolute Gasteiger partial charge is 0.330 e. The van der Waals surface area contributed by atoms with Gasteiger partial charge in [0, 0.05) is 15.7 Å². The third-order valence-corrected chi connectivity index (χ3v) is 3.36. The predicted octanol–water partition coefficient (Wildman–Crippen LogP) is 3.39. The molecule has 2 aromatic rings. The number of carboxylic acid groups (broad SMARTS) is 1. The Morgan fingerprint density at radius 2 is 1.74 bits per heavy atom. The summed E-state index contributed by atoms with van der Waals surface area (Å²) in [7, 11) is 0. The quantitative estimate of drug-likeness (QED) is 0.807. The van der Waals surface area contributed by atoms with Crippen molar-refractivity contribution in [1.82, 2.24) is 0 Å². The van der Waals surface area contributed by atoms with Crippen LogP contribution in [0.1, 0.15) is 11.6 Å². The Bertz CT molecular complexity index is 601. The summed E-state index contributed by atoms with van der Waals surface area (Å²) in [4.78, 5) is 11.4. The highest BCUT2D eigenvalue weighted by atomic mass is 79.9. The van der Waals surface area contributed by atoms with Crippen molar-refractivity contribution in [2.75, 3.05) is 5.32 Å². The minimum absolute atomic E-state index is 0.0468. The number of anilines is 1. The summed E-state index contributed by atoms with van der Waals surface area (Å²) >= 11 is 3.35. The number of para-hydroxylation sites is 2. The van der Waals surface area contributed by atoms with Gasteiger partial charge in [0.15, 0.2) is 6.04 Å². The van der Waals surface area contributed by atoms with Gasteiger partial charge in [0.2, 0.25) is 0 Å². The Labute approximate surface area is 118 Å². The number of aromatic hydroxyl groups is 1. The zero-order chi connectivity index (χ0) is 13.8. The van der Waals surface area contributed by atoms with Gasteiger partial charge < -0.3 is 15.5 Å². The van der Waals surface area contributed by atoms with Crippen LogP contribution in [0.4, 0.5) is 5.69 Å². The molecular formula is C14H12BrNO3. The maximum atomic E-state index is 11.4. The predicted molar refractivity (Wildman–Crippen MR) is 76.2 cm³/mol. The number of halogens is 1. The maximum Gasteiger partial charge on any atom is 0.330 e. The topological polar surface area (TPSA) is 69.6 Å². The molecule has 19 heavy (non-hydrogen) atoms. The van der Waals surface area contributed by atoms with Crippen molar-refractivity contribution in [2.24, 2.45) is 0 Å². The van der Waals surface area contributed by atoms with Crippen molar-refractivity contribution in [1.29, 1.82) is 0 Å². The van der Waals surface area contributed by atoms with Crippen molar-refractivity contribution < 1.29 is 15.0 Å². The molecule has 1 unspecified atom stereocenters. The van der Waals surface area contributed by atoms with E-state index in [4.69, 9.17) is 0 Å². The lowest BCUT2D eigenvalue weighted by molar-refractivity contribution is -0.138. The number of phenols is 1. The van der Waals surface area contributed by atoms with Gasteiger partial charge in [0.25, 0.3) is 0 Å². The summed E-state index contributed by atoms with van der Waals surface area (Å²) in [5.74, 6) is -1.10. The lowest BCUT2D eigenvalue weighted by Crippen LogP contribution is -2.20. The third-order valence-electron chi connectivity index (χ3n) is 2.67. The lowest BCUT2D eigenvalue weighted by Gasteiger charge is -2.18. The van der Waals surface area contributed by atoms with Crippen molar-refractivity contribution in [2.45, 2.75) is 6.04 Å². The molecule has 4 nitrogen and oxygen atoms in total. The number of aliphatic carboxylic acids is 1. The Balaban J connectivity index is 2.35. The Morgan fingerprint density at radius 3 is 2.37 bits per heavy atom. The van der Waals surface area contributed by atoms with Gasteiger partial charge >= 0.3 is 5.97 Å². The Morgan fingerprint density at radius 1 is 1.11 bits per heavy atom. The zero-order valence-electron chi connectivity index (χ0n) is 9.88. The molecule has 5 heteroatoms. The van der Waals surface area contributed by atoms with Crippen LogP contribution in [0.25, 0.3) is 0 Å². The summed E-state index contributed by atoms with van der Waals surface area (Å²) in [5, 5.41) is 22.0. The number of nitrogens with one attached hydrogen (secondary N) is 1. The van der Waals surface area contributed by atoms with Crippen molar-refractivity contribution in [3.8, 4) is 5.75 Å². The fourth-order valence-electron chi connectivity index (χ4n) is 1.74. The van der Waals surface area contributed by atoms with E-state index >= 15 is 0 Å². The number of rotatable bonds is 4. The molecule has 0 aliphatic rings. The summed E-state index contributed by atoms with van der Waals surface area (Å²) in [6.45, 7) is 0. The van der Waals surface area contributed by atoms with E-state index in [1.54, 1.807) is 30.3 Å². The SMILES string of the molecule is O=C(O)C(Nc1ccccc1Br)c1ccccc1O. The maximum absolute atomic E-state index is 11.4. The van der Waals surface area contributed by atoms with Crippen LogP contribution in [0.3, 0.4) is 0 Å². The zero-order valence-corrected chi connectivity index (χ0v) is 11.5. The molecule has 2 rings (SSSR count). The van der Waals surface area contributed by atoms with Gasteiger partial charge in [0.05, 0.1) is 0 Å². The summed E-state index contributed by atoms with van der Waals surface area (Å²) in [5.41, 5.74) is 0.976. The molecule has 98 valence electrons. The molecule has 0 aromatic heterocycles. The monoisotopic (exact) mass is 321 g/mol. The van der Waals surface area contributed by atoms with Gasteiger partial charge in [-0.25, -0.2) is 4.79 Å². The molecule has 0 saturated carbocycles. The highest BCUT2D eigenvalue weighted by molar-refractivity contribution is 9.10. The molecule has 0 aliphatic carbocycles. The second kappa shape index (κ2) is 5.75. The van der Waals surface area contributed by atoms with E-state index in [1.165, 1.54) is 6.07 Å². The molecule has 0 heterocycles. The van der Waals surface area contributed by atoms with Crippen LogP contribution in [-0.2, 0) is 4.79 Å². The molecule has 0 radical (unpaired) electrons. The molecule has 3 N–H and O–H groups in total. The Hall–Kier alpha value is -2.01. The molecule has 0 fully saturated rings. The highest BCUT2D eigenvalue weighted by Crippen LogP contribution is 2.30. The van der Waals surface area contributed by atoms with Crippen LogP contribution in [0.15, 0.2) is 53.0 Å². The second-order valence-corrected chi connectivity index (χ2v) is 4.81. The van der Waals surface area contributed by atoms with Crippen molar-refractivity contribution in [3.63, 3.8) is 0 Å². The fourth-order valence-corrected chi connectivity index (χ4v) is 2.14. The van der Waals surface area contributed by atoms with Gasteiger partial charge in [0.1, 0.15) is 5.75 Å². The van der Waals surface area contributed by atoms with Crippen LogP contribution in [0, 0.1) is 0 Å².